The minimum absolute atomic E-state index is 0.384. The lowest BCUT2D eigenvalue weighted by molar-refractivity contribution is -0.597. The normalized spacial score (nSPS) is 9.16. The molecule has 11 heteroatoms. The second-order valence-corrected chi connectivity index (χ2v) is 3.16. The molecular formula is C8H10N4O7. The van der Waals surface area contributed by atoms with Crippen molar-refractivity contribution in [3.63, 3.8) is 0 Å². The summed E-state index contributed by atoms with van der Waals surface area (Å²) in [5.74, 6) is -1.46. The Kier molecular flexibility index (Phi) is 5.79. The number of nitrogens with zero attached hydrogens (tertiary/aromatic N) is 3. The first kappa shape index (κ1) is 16.2. The molecule has 0 atom stereocenters. The second-order valence-electron chi connectivity index (χ2n) is 3.16. The number of hydrogen-bond acceptors (Lipinski definition) is 7. The van der Waals surface area contributed by atoms with Gasteiger partial charge in [0.05, 0.1) is 46.7 Å². The first-order valence-electron chi connectivity index (χ1n) is 4.78. The van der Waals surface area contributed by atoms with E-state index in [1.54, 1.807) is 0 Å². The molecule has 0 bridgehead atoms. The van der Waals surface area contributed by atoms with Gasteiger partial charge in [0.2, 0.25) is 0 Å². The zero-order valence-corrected chi connectivity index (χ0v) is 9.93. The predicted octanol–water partition coefficient (Wildman–Crippen LogP) is -0.706. The van der Waals surface area contributed by atoms with Gasteiger partial charge in [-0.1, -0.05) is 0 Å². The molecule has 0 amide bonds. The minimum Gasteiger partial charge on any atom is -0.863 e. The van der Waals surface area contributed by atoms with Crippen LogP contribution < -0.4 is 10.4 Å². The third-order valence-electron chi connectivity index (χ3n) is 1.64. The third-order valence-corrected chi connectivity index (χ3v) is 1.64. The molecule has 0 saturated carbocycles. The lowest BCUT2D eigenvalue weighted by atomic mass is 10.2. The minimum atomic E-state index is -1.46. The van der Waals surface area contributed by atoms with Gasteiger partial charge in [0, 0.05) is 0 Å². The molecule has 0 unspecified atom stereocenters. The topological polar surface area (TPSA) is 169 Å². The van der Waals surface area contributed by atoms with Gasteiger partial charge < -0.3 is 10.4 Å². The van der Waals surface area contributed by atoms with E-state index in [0.717, 1.165) is 0 Å². The van der Waals surface area contributed by atoms with Crippen LogP contribution in [-0.4, -0.2) is 28.9 Å². The van der Waals surface area contributed by atoms with Gasteiger partial charge in [0.1, 0.15) is 0 Å². The maximum Gasteiger partial charge on any atom is 0.283 e. The van der Waals surface area contributed by atoms with E-state index in [2.05, 4.69) is 0 Å². The van der Waals surface area contributed by atoms with Crippen LogP contribution in [0.25, 0.3) is 0 Å². The summed E-state index contributed by atoms with van der Waals surface area (Å²) in [6.45, 7) is 0. The molecule has 1 aromatic carbocycles. The van der Waals surface area contributed by atoms with E-state index in [0.29, 0.717) is 12.1 Å². The van der Waals surface area contributed by atoms with Crippen molar-refractivity contribution in [2.24, 2.45) is 0 Å². The molecule has 1 aromatic rings. The molecule has 0 aliphatic rings. The molecule has 0 fully saturated rings. The van der Waals surface area contributed by atoms with Gasteiger partial charge in [-0.25, -0.2) is 0 Å². The van der Waals surface area contributed by atoms with Crippen LogP contribution in [0.5, 0.6) is 5.75 Å². The zero-order chi connectivity index (χ0) is 15.2. The molecule has 0 heterocycles. The molecule has 0 aliphatic heterocycles. The molecule has 19 heavy (non-hydrogen) atoms. The fourth-order valence-electron chi connectivity index (χ4n) is 0.961. The number of quaternary nitrogens is 1. The van der Waals surface area contributed by atoms with Crippen LogP contribution in [0.3, 0.4) is 0 Å². The molecule has 2 N–H and O–H groups in total. The maximum atomic E-state index is 11.1. The smallest absolute Gasteiger partial charge is 0.283 e. The van der Waals surface area contributed by atoms with Crippen molar-refractivity contribution in [3.05, 3.63) is 42.5 Å². The number of hydrogen-bond donors (Lipinski definition) is 1. The highest BCUT2D eigenvalue weighted by Crippen LogP contribution is 2.36. The summed E-state index contributed by atoms with van der Waals surface area (Å²) in [5.41, 5.74) is -3.26. The molecule has 104 valence electrons. The van der Waals surface area contributed by atoms with Crippen LogP contribution in [0.15, 0.2) is 12.1 Å². The predicted molar refractivity (Wildman–Crippen MR) is 59.6 cm³/mol. The van der Waals surface area contributed by atoms with Gasteiger partial charge in [-0.3, -0.25) is 30.3 Å². The Morgan fingerprint density at radius 3 is 1.42 bits per heavy atom. The molecule has 0 spiro atoms. The molecular weight excluding hydrogens is 264 g/mol. The van der Waals surface area contributed by atoms with Crippen molar-refractivity contribution >= 4 is 17.1 Å². The van der Waals surface area contributed by atoms with Crippen LogP contribution >= 0.6 is 0 Å². The maximum absolute atomic E-state index is 11.1. The standard InChI is InChI=1S/C6H3N3O7.C2H7N/c10-6-4(8(13)14)1-3(7(11)12)2-5(6)9(15)16;1-3-2/h1-2,10H;3H,1-2H3. The van der Waals surface area contributed by atoms with Crippen molar-refractivity contribution < 1.29 is 25.2 Å². The first-order chi connectivity index (χ1) is 8.76. The fraction of sp³-hybridized carbons (Fsp3) is 0.250. The summed E-state index contributed by atoms with van der Waals surface area (Å²) >= 11 is 0. The highest BCUT2D eigenvalue weighted by molar-refractivity contribution is 5.63. The van der Waals surface area contributed by atoms with Gasteiger partial charge in [0.25, 0.3) is 17.1 Å². The number of rotatable bonds is 3. The molecule has 0 aliphatic carbocycles. The van der Waals surface area contributed by atoms with Crippen molar-refractivity contribution in [2.45, 2.75) is 0 Å². The number of nitro benzene ring substituents is 3. The second kappa shape index (κ2) is 6.80. The first-order valence-corrected chi connectivity index (χ1v) is 4.78. The Labute approximate surface area is 105 Å². The van der Waals surface area contributed by atoms with Crippen molar-refractivity contribution in [2.75, 3.05) is 14.1 Å². The Morgan fingerprint density at radius 2 is 1.21 bits per heavy atom. The molecule has 11 nitrogen and oxygen atoms in total. The van der Waals surface area contributed by atoms with E-state index >= 15 is 0 Å². The molecule has 1 rings (SSSR count). The number of benzene rings is 1. The van der Waals surface area contributed by atoms with E-state index in [1.165, 1.54) is 0 Å². The summed E-state index contributed by atoms with van der Waals surface area (Å²) in [4.78, 5) is 27.5. The van der Waals surface area contributed by atoms with Gasteiger partial charge in [0.15, 0.2) is 0 Å². The van der Waals surface area contributed by atoms with E-state index in [1.807, 2.05) is 19.4 Å². The molecule has 0 saturated heterocycles. The highest BCUT2D eigenvalue weighted by Gasteiger charge is 2.24. The Bertz CT molecular complexity index is 481. The van der Waals surface area contributed by atoms with Crippen LogP contribution in [0, 0.1) is 30.3 Å². The van der Waals surface area contributed by atoms with E-state index < -0.39 is 37.6 Å². The average Bonchev–Trinajstić information content (AvgIpc) is 2.29. The van der Waals surface area contributed by atoms with E-state index in [9.17, 15) is 35.4 Å². The van der Waals surface area contributed by atoms with Crippen LogP contribution in [0.2, 0.25) is 0 Å². The Balaban J connectivity index is 0.000000982. The summed E-state index contributed by atoms with van der Waals surface area (Å²) in [5, 5.41) is 44.1. The van der Waals surface area contributed by atoms with Crippen molar-refractivity contribution in [1.82, 2.24) is 0 Å². The van der Waals surface area contributed by atoms with Crippen molar-refractivity contribution in [1.29, 1.82) is 0 Å². The number of nitrogens with two attached hydrogens (primary N) is 1. The Morgan fingerprint density at radius 1 is 0.895 bits per heavy atom. The largest absolute Gasteiger partial charge is 0.863 e. The number of non-ortho nitro benzene ring substituents is 1. The summed E-state index contributed by atoms with van der Waals surface area (Å²) < 4.78 is 0. The van der Waals surface area contributed by atoms with Crippen LogP contribution in [-0.2, 0) is 0 Å². The third kappa shape index (κ3) is 4.16. The van der Waals surface area contributed by atoms with Crippen LogP contribution in [0.4, 0.5) is 17.1 Å². The summed E-state index contributed by atoms with van der Waals surface area (Å²) in [7, 11) is 4.00. The van der Waals surface area contributed by atoms with E-state index in [4.69, 9.17) is 0 Å². The fourth-order valence-corrected chi connectivity index (χ4v) is 0.961. The van der Waals surface area contributed by atoms with Crippen molar-refractivity contribution in [3.8, 4) is 5.75 Å². The van der Waals surface area contributed by atoms with Gasteiger partial charge >= 0.3 is 0 Å². The summed E-state index contributed by atoms with van der Waals surface area (Å²) in [6.07, 6.45) is 0. The van der Waals surface area contributed by atoms with Crippen LogP contribution in [0.1, 0.15) is 0 Å². The molecule has 0 aromatic heterocycles. The number of nitro groups is 3. The average molecular weight is 274 g/mol. The lowest BCUT2D eigenvalue weighted by Gasteiger charge is -2.06. The van der Waals surface area contributed by atoms with Gasteiger partial charge in [-0.15, -0.1) is 0 Å². The van der Waals surface area contributed by atoms with E-state index in [-0.39, 0.29) is 0 Å². The SMILES string of the molecule is C[NH2+]C.O=[N+]([O-])c1cc([N+](=O)[O-])c([O-])c([N+](=O)[O-])c1. The zero-order valence-electron chi connectivity index (χ0n) is 9.93. The Hall–Kier alpha value is -2.82. The lowest BCUT2D eigenvalue weighted by Crippen LogP contribution is -2.74. The highest BCUT2D eigenvalue weighted by atomic mass is 16.6. The quantitative estimate of drug-likeness (QED) is 0.560. The monoisotopic (exact) mass is 274 g/mol. The summed E-state index contributed by atoms with van der Waals surface area (Å²) in [6, 6.07) is 0.769. The van der Waals surface area contributed by atoms with Gasteiger partial charge in [-0.05, 0) is 0 Å². The van der Waals surface area contributed by atoms with Gasteiger partial charge in [-0.2, -0.15) is 0 Å². The molecule has 0 radical (unpaired) electrons.